The molecule has 0 aliphatic heterocycles. The molecule has 8 rings (SSSR count). The van der Waals surface area contributed by atoms with E-state index in [4.69, 9.17) is 16.1 Å². The van der Waals surface area contributed by atoms with Crippen molar-refractivity contribution in [3.8, 4) is 22.4 Å². The molecule has 234 valence electrons. The Morgan fingerprint density at radius 3 is 1.96 bits per heavy atom. The first-order chi connectivity index (χ1) is 24.2. The van der Waals surface area contributed by atoms with Gasteiger partial charge in [-0.1, -0.05) is 134 Å². The van der Waals surface area contributed by atoms with E-state index in [1.54, 1.807) is 6.08 Å². The average molecular weight is 631 g/mol. The summed E-state index contributed by atoms with van der Waals surface area (Å²) in [5, 5.41) is 16.2. The highest BCUT2D eigenvalue weighted by Crippen LogP contribution is 2.44. The van der Waals surface area contributed by atoms with Crippen molar-refractivity contribution in [2.24, 2.45) is 5.73 Å². The van der Waals surface area contributed by atoms with Crippen molar-refractivity contribution in [3.63, 3.8) is 0 Å². The number of nitrogens with two attached hydrogens (primary N) is 1. The highest BCUT2D eigenvalue weighted by molar-refractivity contribution is 6.23. The number of nitrogens with zero attached hydrogens (tertiary/aromatic N) is 2. The number of hydrogen-bond donors (Lipinski definition) is 2. The smallest absolute Gasteiger partial charge is 0.108 e. The van der Waals surface area contributed by atoms with Gasteiger partial charge in [0.2, 0.25) is 0 Å². The number of hydrogen-bond acceptors (Lipinski definition) is 3. The molecule has 0 unspecified atom stereocenters. The molecule has 0 fully saturated rings. The zero-order chi connectivity index (χ0) is 33.3. The van der Waals surface area contributed by atoms with Gasteiger partial charge in [-0.3, -0.25) is 9.55 Å². The average Bonchev–Trinajstić information content (AvgIpc) is 3.49. The normalized spacial score (nSPS) is 12.0. The lowest BCUT2D eigenvalue weighted by Crippen LogP contribution is -2.07. The van der Waals surface area contributed by atoms with Gasteiger partial charge in [0.1, 0.15) is 5.82 Å². The van der Waals surface area contributed by atoms with Crippen LogP contribution >= 0.6 is 0 Å². The summed E-state index contributed by atoms with van der Waals surface area (Å²) in [6, 6.07) is 46.9. The van der Waals surface area contributed by atoms with Gasteiger partial charge < -0.3 is 11.1 Å². The third kappa shape index (κ3) is 5.11. The Hall–Kier alpha value is -6.52. The largest absolute Gasteiger partial charge is 0.385 e. The molecule has 0 bridgehead atoms. The van der Waals surface area contributed by atoms with Gasteiger partial charge in [-0.05, 0) is 73.8 Å². The predicted molar refractivity (Wildman–Crippen MR) is 209 cm³/mol. The first kappa shape index (κ1) is 29.9. The van der Waals surface area contributed by atoms with Crippen LogP contribution in [0.25, 0.3) is 77.5 Å². The van der Waals surface area contributed by atoms with Crippen LogP contribution in [-0.4, -0.2) is 15.8 Å². The third-order valence-electron chi connectivity index (χ3n) is 9.33. The molecule has 0 atom stereocenters. The maximum atomic E-state index is 7.97. The topological polar surface area (TPSA) is 67.7 Å². The molecule has 0 aliphatic carbocycles. The number of rotatable bonds is 8. The summed E-state index contributed by atoms with van der Waals surface area (Å²) in [5.41, 5.74) is 14.7. The van der Waals surface area contributed by atoms with Crippen LogP contribution in [0.2, 0.25) is 0 Å². The highest BCUT2D eigenvalue weighted by atomic mass is 15.1. The van der Waals surface area contributed by atoms with Crippen LogP contribution in [0, 0.1) is 5.41 Å². The van der Waals surface area contributed by atoms with Crippen LogP contribution in [0.15, 0.2) is 158 Å². The molecule has 49 heavy (non-hydrogen) atoms. The van der Waals surface area contributed by atoms with Crippen LogP contribution in [0.1, 0.15) is 17.0 Å². The second-order valence-electron chi connectivity index (χ2n) is 12.1. The highest BCUT2D eigenvalue weighted by Gasteiger charge is 2.19. The Morgan fingerprint density at radius 2 is 1.27 bits per heavy atom. The molecule has 0 radical (unpaired) electrons. The number of fused-ring (bicyclic) bond motifs is 4. The quantitative estimate of drug-likeness (QED) is 0.0996. The van der Waals surface area contributed by atoms with Gasteiger partial charge in [-0.25, -0.2) is 0 Å². The standard InChI is InChI=1S/C45H34N4/c1-2-41-39(29-46)33-20-10-11-27-42(33)49(41)43(47)28-12-4-17-31-18-14-26-40(48-31)45-37-23-8-6-21-35(37)44(36-22-7-9-24-38(36)45)34-25-13-16-30-15-3-5-19-32(30)34/h2-16,18-29,46H,1,17,47H2/b12-4-,43-28+,46-29?. The fourth-order valence-corrected chi connectivity index (χ4v) is 7.22. The minimum absolute atomic E-state index is 0.557. The second-order valence-corrected chi connectivity index (χ2v) is 12.1. The lowest BCUT2D eigenvalue weighted by Gasteiger charge is -2.18. The van der Waals surface area contributed by atoms with Crippen molar-refractivity contribution < 1.29 is 0 Å². The number of allylic oxidation sites excluding steroid dienone is 3. The Labute approximate surface area is 285 Å². The zero-order valence-electron chi connectivity index (χ0n) is 27.0. The van der Waals surface area contributed by atoms with Gasteiger partial charge in [0.05, 0.1) is 16.9 Å². The minimum Gasteiger partial charge on any atom is -0.385 e. The molecule has 0 saturated heterocycles. The molecule has 2 heterocycles. The molecule has 0 amide bonds. The Bertz CT molecular complexity index is 2570. The lowest BCUT2D eigenvalue weighted by atomic mass is 9.85. The lowest BCUT2D eigenvalue weighted by molar-refractivity contribution is 1.10. The van der Waals surface area contributed by atoms with Gasteiger partial charge in [0, 0.05) is 34.8 Å². The Balaban J connectivity index is 1.19. The van der Waals surface area contributed by atoms with E-state index < -0.39 is 0 Å². The summed E-state index contributed by atoms with van der Waals surface area (Å²) in [7, 11) is 0. The minimum atomic E-state index is 0.557. The van der Waals surface area contributed by atoms with E-state index >= 15 is 0 Å². The summed E-state index contributed by atoms with van der Waals surface area (Å²) in [6.45, 7) is 3.98. The van der Waals surface area contributed by atoms with Crippen molar-refractivity contribution in [3.05, 3.63) is 175 Å². The van der Waals surface area contributed by atoms with Gasteiger partial charge in [0.15, 0.2) is 0 Å². The van der Waals surface area contributed by atoms with E-state index in [1.807, 2.05) is 41.0 Å². The number of aromatic nitrogens is 2. The monoisotopic (exact) mass is 630 g/mol. The van der Waals surface area contributed by atoms with Crippen molar-refractivity contribution in [1.82, 2.24) is 9.55 Å². The third-order valence-corrected chi connectivity index (χ3v) is 9.33. The van der Waals surface area contributed by atoms with Gasteiger partial charge in [0.25, 0.3) is 0 Å². The summed E-state index contributed by atoms with van der Waals surface area (Å²) in [6.07, 6.45) is 9.70. The number of para-hydroxylation sites is 1. The van der Waals surface area contributed by atoms with E-state index in [0.29, 0.717) is 12.2 Å². The number of nitrogens with one attached hydrogen (secondary N) is 1. The van der Waals surface area contributed by atoms with Crippen LogP contribution < -0.4 is 5.73 Å². The fraction of sp³-hybridized carbons (Fsp3) is 0.0222. The molecule has 6 aromatic carbocycles. The van der Waals surface area contributed by atoms with Gasteiger partial charge in [-0.2, -0.15) is 0 Å². The van der Waals surface area contributed by atoms with E-state index in [-0.39, 0.29) is 0 Å². The molecule has 0 spiro atoms. The van der Waals surface area contributed by atoms with Crippen LogP contribution in [-0.2, 0) is 6.42 Å². The van der Waals surface area contributed by atoms with Crippen molar-refractivity contribution >= 4 is 61.3 Å². The van der Waals surface area contributed by atoms with Gasteiger partial charge in [-0.15, -0.1) is 0 Å². The molecule has 4 heteroatoms. The van der Waals surface area contributed by atoms with Gasteiger partial charge >= 0.3 is 0 Å². The fourth-order valence-electron chi connectivity index (χ4n) is 7.22. The van der Waals surface area contributed by atoms with E-state index in [0.717, 1.165) is 39.1 Å². The Kier molecular flexibility index (Phi) is 7.67. The SMILES string of the molecule is C=Cc1c(C=N)c2ccccc2n1/C(N)=C/C=C\Cc1cccc(-c2c3ccccc3c(-c3cccc4ccccc34)c3ccccc23)n1. The summed E-state index contributed by atoms with van der Waals surface area (Å²) in [4.78, 5) is 5.21. The molecule has 2 aromatic heterocycles. The molecular weight excluding hydrogens is 597 g/mol. The summed E-state index contributed by atoms with van der Waals surface area (Å²) in [5.74, 6) is 0.557. The van der Waals surface area contributed by atoms with Crippen LogP contribution in [0.3, 0.4) is 0 Å². The van der Waals surface area contributed by atoms with E-state index in [9.17, 15) is 0 Å². The molecule has 4 nitrogen and oxygen atoms in total. The first-order valence-corrected chi connectivity index (χ1v) is 16.4. The maximum absolute atomic E-state index is 7.97. The van der Waals surface area contributed by atoms with Crippen molar-refractivity contribution in [2.75, 3.05) is 0 Å². The number of pyridine rings is 1. The van der Waals surface area contributed by atoms with E-state index in [1.165, 1.54) is 49.7 Å². The zero-order valence-corrected chi connectivity index (χ0v) is 27.0. The van der Waals surface area contributed by atoms with E-state index in [2.05, 4.69) is 122 Å². The molecule has 0 saturated carbocycles. The summed E-state index contributed by atoms with van der Waals surface area (Å²) < 4.78 is 1.95. The second kappa shape index (κ2) is 12.6. The molecular formula is C45H34N4. The predicted octanol–water partition coefficient (Wildman–Crippen LogP) is 11.0. The van der Waals surface area contributed by atoms with Crippen LogP contribution in [0.4, 0.5) is 0 Å². The molecule has 3 N–H and O–H groups in total. The van der Waals surface area contributed by atoms with Crippen molar-refractivity contribution in [2.45, 2.75) is 6.42 Å². The first-order valence-electron chi connectivity index (χ1n) is 16.4. The van der Waals surface area contributed by atoms with Crippen LogP contribution in [0.5, 0.6) is 0 Å². The Morgan fingerprint density at radius 1 is 0.673 bits per heavy atom. The maximum Gasteiger partial charge on any atom is 0.108 e. The van der Waals surface area contributed by atoms with Crippen molar-refractivity contribution in [1.29, 1.82) is 5.41 Å². The summed E-state index contributed by atoms with van der Waals surface area (Å²) >= 11 is 0. The molecule has 0 aliphatic rings. The molecule has 8 aromatic rings. The number of benzene rings is 6.